The summed E-state index contributed by atoms with van der Waals surface area (Å²) in [6.45, 7) is 2.96. The first kappa shape index (κ1) is 18.2. The van der Waals surface area contributed by atoms with Crippen LogP contribution in [0.1, 0.15) is 31.2 Å². The third-order valence-electron chi connectivity index (χ3n) is 5.45. The Balaban J connectivity index is 1.71. The van der Waals surface area contributed by atoms with Gasteiger partial charge in [-0.2, -0.15) is 0 Å². The van der Waals surface area contributed by atoms with Gasteiger partial charge in [-0.3, -0.25) is 9.69 Å². The number of rotatable bonds is 4. The van der Waals surface area contributed by atoms with E-state index < -0.39 is 11.8 Å². The number of aliphatic hydroxyl groups excluding tert-OH is 1. The predicted molar refractivity (Wildman–Crippen MR) is 101 cm³/mol. The lowest BCUT2D eigenvalue weighted by molar-refractivity contribution is -0.140. The molecule has 0 amide bonds. The van der Waals surface area contributed by atoms with Crippen LogP contribution in [0.5, 0.6) is 0 Å². The van der Waals surface area contributed by atoms with E-state index in [4.69, 9.17) is 9.73 Å². The number of nitrogens with one attached hydrogen (secondary N) is 2. The number of benzene rings is 1. The summed E-state index contributed by atoms with van der Waals surface area (Å²) >= 11 is 0. The third kappa shape index (κ3) is 3.78. The maximum Gasteiger partial charge on any atom is 0.309 e. The molecule has 8 nitrogen and oxygen atoms in total. The highest BCUT2D eigenvalue weighted by molar-refractivity contribution is 6.01. The highest BCUT2D eigenvalue weighted by atomic mass is 16.5. The number of aliphatic hydroxyl groups is 1. The molecule has 2 aliphatic heterocycles. The van der Waals surface area contributed by atoms with Crippen LogP contribution in [0, 0.1) is 0 Å². The molecule has 0 aromatic heterocycles. The first-order valence-electron chi connectivity index (χ1n) is 9.55. The Bertz CT molecular complexity index is 734. The molecule has 1 saturated heterocycles. The Hall–Kier alpha value is -2.16. The van der Waals surface area contributed by atoms with Crippen LogP contribution in [0.4, 0.5) is 5.69 Å². The summed E-state index contributed by atoms with van der Waals surface area (Å²) in [5, 5.41) is 26.1. The van der Waals surface area contributed by atoms with Crippen molar-refractivity contribution in [3.05, 3.63) is 29.8 Å². The van der Waals surface area contributed by atoms with Gasteiger partial charge in [0.1, 0.15) is 12.5 Å². The van der Waals surface area contributed by atoms with Crippen molar-refractivity contribution in [3.63, 3.8) is 0 Å². The minimum Gasteiger partial charge on any atom is -0.481 e. The first-order valence-corrected chi connectivity index (χ1v) is 9.55. The van der Waals surface area contributed by atoms with Crippen LogP contribution >= 0.6 is 0 Å². The summed E-state index contributed by atoms with van der Waals surface area (Å²) in [6.07, 6.45) is 1.46. The zero-order valence-electron chi connectivity index (χ0n) is 15.2. The largest absolute Gasteiger partial charge is 0.481 e. The van der Waals surface area contributed by atoms with Crippen LogP contribution in [-0.4, -0.2) is 71.2 Å². The fourth-order valence-corrected chi connectivity index (χ4v) is 4.11. The fourth-order valence-electron chi connectivity index (χ4n) is 4.11. The molecule has 27 heavy (non-hydrogen) atoms. The second-order valence-corrected chi connectivity index (χ2v) is 7.42. The lowest BCUT2D eigenvalue weighted by atomic mass is 10.0. The fraction of sp³-hybridized carbons (Fsp3) is 0.579. The van der Waals surface area contributed by atoms with E-state index in [1.165, 1.54) is 0 Å². The van der Waals surface area contributed by atoms with Gasteiger partial charge in [0, 0.05) is 38.3 Å². The molecule has 4 rings (SSSR count). The van der Waals surface area contributed by atoms with Gasteiger partial charge in [0.25, 0.3) is 0 Å². The number of ether oxygens (including phenoxy) is 1. The van der Waals surface area contributed by atoms with Gasteiger partial charge in [-0.05, 0) is 25.0 Å². The molecule has 0 spiro atoms. The lowest BCUT2D eigenvalue weighted by Crippen LogP contribution is -2.61. The number of nitrogens with zero attached hydrogens (tertiary/aromatic N) is 2. The number of anilines is 1. The average molecular weight is 374 g/mol. The lowest BCUT2D eigenvalue weighted by Gasteiger charge is -2.45. The Morgan fingerprint density at radius 3 is 2.78 bits per heavy atom. The van der Waals surface area contributed by atoms with Crippen molar-refractivity contribution in [1.82, 2.24) is 10.2 Å². The van der Waals surface area contributed by atoms with E-state index in [0.29, 0.717) is 25.4 Å². The molecule has 1 aliphatic carbocycles. The van der Waals surface area contributed by atoms with E-state index in [1.54, 1.807) is 0 Å². The Morgan fingerprint density at radius 1 is 1.30 bits per heavy atom. The van der Waals surface area contributed by atoms with Gasteiger partial charge in [-0.15, -0.1) is 0 Å². The SMILES string of the molecule is O=C(O)CC1(N2CCNCC2)N=C(OC2CCC(O)C2)c2ccccc2N1. The molecular weight excluding hydrogens is 348 g/mol. The summed E-state index contributed by atoms with van der Waals surface area (Å²) < 4.78 is 6.19. The van der Waals surface area contributed by atoms with Gasteiger partial charge < -0.3 is 25.6 Å². The number of aliphatic imine (C=N–C) groups is 1. The van der Waals surface area contributed by atoms with Gasteiger partial charge in [-0.25, -0.2) is 4.99 Å². The van der Waals surface area contributed by atoms with Crippen LogP contribution < -0.4 is 10.6 Å². The van der Waals surface area contributed by atoms with E-state index in [9.17, 15) is 15.0 Å². The Morgan fingerprint density at radius 2 is 2.07 bits per heavy atom. The predicted octanol–water partition coefficient (Wildman–Crippen LogP) is 0.822. The van der Waals surface area contributed by atoms with Gasteiger partial charge in [-0.1, -0.05) is 12.1 Å². The average Bonchev–Trinajstić information content (AvgIpc) is 3.07. The minimum atomic E-state index is -1.07. The molecule has 1 aromatic carbocycles. The highest BCUT2D eigenvalue weighted by Gasteiger charge is 2.44. The quantitative estimate of drug-likeness (QED) is 0.618. The molecule has 1 aromatic rings. The molecule has 146 valence electrons. The Kier molecular flexibility index (Phi) is 5.03. The number of piperazine rings is 1. The van der Waals surface area contributed by atoms with Crippen LogP contribution in [0.3, 0.4) is 0 Å². The monoisotopic (exact) mass is 374 g/mol. The van der Waals surface area contributed by atoms with E-state index in [-0.39, 0.29) is 18.6 Å². The molecule has 8 heteroatoms. The first-order chi connectivity index (χ1) is 13.1. The summed E-state index contributed by atoms with van der Waals surface area (Å²) in [7, 11) is 0. The zero-order chi connectivity index (χ0) is 18.9. The van der Waals surface area contributed by atoms with Crippen LogP contribution in [-0.2, 0) is 9.53 Å². The smallest absolute Gasteiger partial charge is 0.309 e. The minimum absolute atomic E-state index is 0.101. The van der Waals surface area contributed by atoms with Crippen LogP contribution in [0.15, 0.2) is 29.3 Å². The molecule has 4 N–H and O–H groups in total. The normalized spacial score (nSPS) is 30.9. The number of hydrogen-bond acceptors (Lipinski definition) is 7. The van der Waals surface area contributed by atoms with Crippen molar-refractivity contribution in [3.8, 4) is 0 Å². The second kappa shape index (κ2) is 7.46. The van der Waals surface area contributed by atoms with Crippen molar-refractivity contribution in [1.29, 1.82) is 0 Å². The third-order valence-corrected chi connectivity index (χ3v) is 5.45. The van der Waals surface area contributed by atoms with Crippen molar-refractivity contribution >= 4 is 17.6 Å². The number of carboxylic acid groups (broad SMARTS) is 1. The second-order valence-electron chi connectivity index (χ2n) is 7.42. The standard InChI is InChI=1S/C19H26N4O4/c24-13-5-6-14(11-13)27-18-15-3-1-2-4-16(15)21-19(22-18,12-17(25)26)23-9-7-20-8-10-23/h1-4,13-14,20-21,24H,5-12H2,(H,25,26). The topological polar surface area (TPSA) is 106 Å². The molecule has 0 radical (unpaired) electrons. The number of hydrogen-bond donors (Lipinski definition) is 4. The van der Waals surface area contributed by atoms with Crippen molar-refractivity contribution in [2.75, 3.05) is 31.5 Å². The van der Waals surface area contributed by atoms with Crippen molar-refractivity contribution < 1.29 is 19.7 Å². The number of aliphatic carboxylic acids is 1. The number of carboxylic acids is 1. The van der Waals surface area contributed by atoms with Crippen LogP contribution in [0.2, 0.25) is 0 Å². The number of carbonyl (C=O) groups is 1. The number of para-hydroxylation sites is 1. The molecule has 1 saturated carbocycles. The van der Waals surface area contributed by atoms with Gasteiger partial charge in [0.05, 0.1) is 11.7 Å². The van der Waals surface area contributed by atoms with E-state index >= 15 is 0 Å². The Labute approximate surface area is 158 Å². The maximum absolute atomic E-state index is 11.7. The summed E-state index contributed by atoms with van der Waals surface area (Å²) in [5.41, 5.74) is 1.65. The van der Waals surface area contributed by atoms with Crippen molar-refractivity contribution in [2.45, 2.75) is 43.7 Å². The summed E-state index contributed by atoms with van der Waals surface area (Å²) in [6, 6.07) is 7.68. The van der Waals surface area contributed by atoms with Gasteiger partial charge >= 0.3 is 5.97 Å². The van der Waals surface area contributed by atoms with E-state index in [0.717, 1.165) is 37.2 Å². The molecule has 3 atom stereocenters. The van der Waals surface area contributed by atoms with E-state index in [2.05, 4.69) is 15.5 Å². The molecule has 2 heterocycles. The zero-order valence-corrected chi connectivity index (χ0v) is 15.2. The molecular formula is C19H26N4O4. The maximum atomic E-state index is 11.7. The molecule has 2 fully saturated rings. The van der Waals surface area contributed by atoms with Gasteiger partial charge in [0.15, 0.2) is 0 Å². The molecule has 3 unspecified atom stereocenters. The molecule has 0 bridgehead atoms. The number of fused-ring (bicyclic) bond motifs is 1. The summed E-state index contributed by atoms with van der Waals surface area (Å²) in [5.74, 6) is -1.53. The van der Waals surface area contributed by atoms with Crippen LogP contribution in [0.25, 0.3) is 0 Å². The van der Waals surface area contributed by atoms with E-state index in [1.807, 2.05) is 24.3 Å². The van der Waals surface area contributed by atoms with Crippen molar-refractivity contribution in [2.24, 2.45) is 4.99 Å². The van der Waals surface area contributed by atoms with Gasteiger partial charge in [0.2, 0.25) is 11.7 Å². The summed E-state index contributed by atoms with van der Waals surface area (Å²) in [4.78, 5) is 18.6. The highest BCUT2D eigenvalue weighted by Crippen LogP contribution is 2.35. The molecule has 3 aliphatic rings.